The van der Waals surface area contributed by atoms with Gasteiger partial charge in [-0.25, -0.2) is 9.78 Å². The van der Waals surface area contributed by atoms with Crippen molar-refractivity contribution in [3.63, 3.8) is 0 Å². The first-order valence-electron chi connectivity index (χ1n) is 9.97. The number of carbonyl (C=O) groups is 2. The average molecular weight is 381 g/mol. The number of fused-ring (bicyclic) bond motifs is 1. The molecule has 0 aliphatic carbocycles. The van der Waals surface area contributed by atoms with Crippen LogP contribution in [0.15, 0.2) is 42.7 Å². The Balaban J connectivity index is 1.32. The third-order valence-electron chi connectivity index (χ3n) is 5.82. The molecule has 2 aromatic rings. The van der Waals surface area contributed by atoms with Crippen LogP contribution in [0.5, 0.6) is 0 Å². The number of nitrogens with zero attached hydrogens (tertiary/aromatic N) is 4. The summed E-state index contributed by atoms with van der Waals surface area (Å²) in [6.45, 7) is 2.66. The number of piperidine rings is 1. The number of likely N-dealkylation sites (N-methyl/N-ethyl adjacent to an activating group) is 1. The molecule has 0 spiro atoms. The molecule has 2 aliphatic heterocycles. The van der Waals surface area contributed by atoms with Gasteiger partial charge in [0.1, 0.15) is 5.82 Å². The van der Waals surface area contributed by atoms with Gasteiger partial charge >= 0.3 is 6.03 Å². The van der Waals surface area contributed by atoms with E-state index >= 15 is 0 Å². The highest BCUT2D eigenvalue weighted by Crippen LogP contribution is 2.30. The molecule has 7 heteroatoms. The van der Waals surface area contributed by atoms with E-state index in [-0.39, 0.29) is 23.9 Å². The third-order valence-corrected chi connectivity index (χ3v) is 5.82. The number of hydrogen-bond acceptors (Lipinski definition) is 3. The van der Waals surface area contributed by atoms with Crippen LogP contribution >= 0.6 is 0 Å². The van der Waals surface area contributed by atoms with Crippen LogP contribution in [0.2, 0.25) is 0 Å². The zero-order valence-corrected chi connectivity index (χ0v) is 16.3. The molecule has 3 heterocycles. The number of carbonyl (C=O) groups excluding carboxylic acids is 2. The number of amides is 3. The Kier molecular flexibility index (Phi) is 5.32. The Labute approximate surface area is 165 Å². The van der Waals surface area contributed by atoms with E-state index in [1.165, 1.54) is 5.56 Å². The van der Waals surface area contributed by atoms with Crippen molar-refractivity contribution >= 4 is 11.9 Å². The third kappa shape index (κ3) is 3.74. The van der Waals surface area contributed by atoms with Crippen molar-refractivity contribution in [2.75, 3.05) is 26.7 Å². The van der Waals surface area contributed by atoms with Gasteiger partial charge in [-0.1, -0.05) is 30.3 Å². The van der Waals surface area contributed by atoms with Crippen LogP contribution in [0.4, 0.5) is 4.79 Å². The quantitative estimate of drug-likeness (QED) is 0.858. The van der Waals surface area contributed by atoms with Crippen LogP contribution in [0.3, 0.4) is 0 Å². The standard InChI is InChI=1S/C21H27N5O2/c1-24-15-18-17(20(24)27)8-5-12-26(18)21(28)23-10-9-19-22-11-13-25(19)14-16-6-3-2-4-7-16/h2-4,6-7,11,13,17-18H,5,8-10,12,14-15H2,1H3,(H,23,28)/t17-,18-/m1/s1. The minimum Gasteiger partial charge on any atom is -0.343 e. The molecule has 4 rings (SSSR count). The fourth-order valence-electron chi connectivity index (χ4n) is 4.35. The summed E-state index contributed by atoms with van der Waals surface area (Å²) in [5, 5.41) is 3.03. The lowest BCUT2D eigenvalue weighted by Gasteiger charge is -2.35. The van der Waals surface area contributed by atoms with Gasteiger partial charge in [-0.3, -0.25) is 4.79 Å². The predicted octanol–water partition coefficient (Wildman–Crippen LogP) is 1.74. The molecule has 28 heavy (non-hydrogen) atoms. The van der Waals surface area contributed by atoms with E-state index in [0.29, 0.717) is 19.5 Å². The predicted molar refractivity (Wildman–Crippen MR) is 106 cm³/mol. The van der Waals surface area contributed by atoms with E-state index in [1.807, 2.05) is 36.3 Å². The maximum atomic E-state index is 12.7. The normalized spacial score (nSPS) is 21.7. The summed E-state index contributed by atoms with van der Waals surface area (Å²) in [7, 11) is 1.82. The maximum absolute atomic E-state index is 12.7. The number of likely N-dealkylation sites (tertiary alicyclic amines) is 2. The Bertz CT molecular complexity index is 834. The summed E-state index contributed by atoms with van der Waals surface area (Å²) in [6.07, 6.45) is 6.21. The van der Waals surface area contributed by atoms with Crippen LogP contribution in [0.25, 0.3) is 0 Å². The summed E-state index contributed by atoms with van der Waals surface area (Å²) >= 11 is 0. The van der Waals surface area contributed by atoms with Gasteiger partial charge in [0.05, 0.1) is 12.0 Å². The second kappa shape index (κ2) is 8.04. The summed E-state index contributed by atoms with van der Waals surface area (Å²) in [6, 6.07) is 10.2. The van der Waals surface area contributed by atoms with Gasteiger partial charge in [0.25, 0.3) is 0 Å². The molecule has 1 aromatic carbocycles. The number of benzene rings is 1. The molecule has 2 fully saturated rings. The molecule has 148 valence electrons. The van der Waals surface area contributed by atoms with Crippen molar-refractivity contribution < 1.29 is 9.59 Å². The summed E-state index contributed by atoms with van der Waals surface area (Å²) in [5.41, 5.74) is 1.22. The molecule has 3 amide bonds. The zero-order valence-electron chi connectivity index (χ0n) is 16.3. The lowest BCUT2D eigenvalue weighted by molar-refractivity contribution is -0.130. The van der Waals surface area contributed by atoms with Crippen molar-refractivity contribution in [3.05, 3.63) is 54.1 Å². The summed E-state index contributed by atoms with van der Waals surface area (Å²) in [4.78, 5) is 33.0. The van der Waals surface area contributed by atoms with Gasteiger partial charge in [0.15, 0.2) is 0 Å². The average Bonchev–Trinajstić information content (AvgIpc) is 3.26. The second-order valence-corrected chi connectivity index (χ2v) is 7.67. The van der Waals surface area contributed by atoms with Crippen molar-refractivity contribution in [3.8, 4) is 0 Å². The number of aromatic nitrogens is 2. The first kappa shape index (κ1) is 18.5. The van der Waals surface area contributed by atoms with E-state index in [4.69, 9.17) is 0 Å². The van der Waals surface area contributed by atoms with Crippen LogP contribution in [0.1, 0.15) is 24.2 Å². The van der Waals surface area contributed by atoms with Crippen molar-refractivity contribution in [2.45, 2.75) is 31.8 Å². The number of rotatable bonds is 5. The molecule has 0 unspecified atom stereocenters. The molecule has 2 atom stereocenters. The molecule has 2 aliphatic rings. The fraction of sp³-hybridized carbons (Fsp3) is 0.476. The fourth-order valence-corrected chi connectivity index (χ4v) is 4.35. The van der Waals surface area contributed by atoms with Crippen molar-refractivity contribution in [1.29, 1.82) is 0 Å². The molecule has 0 bridgehead atoms. The Morgan fingerprint density at radius 1 is 1.29 bits per heavy atom. The SMILES string of the molecule is CN1C[C@@H]2[C@@H](CCCN2C(=O)NCCc2nccn2Cc2ccccc2)C1=O. The van der Waals surface area contributed by atoms with Crippen LogP contribution in [0, 0.1) is 5.92 Å². The van der Waals surface area contributed by atoms with Gasteiger partial charge < -0.3 is 19.7 Å². The number of imidazole rings is 1. The van der Waals surface area contributed by atoms with Crippen LogP contribution < -0.4 is 5.32 Å². The van der Waals surface area contributed by atoms with E-state index < -0.39 is 0 Å². The number of nitrogens with one attached hydrogen (secondary N) is 1. The highest BCUT2D eigenvalue weighted by molar-refractivity contribution is 5.84. The van der Waals surface area contributed by atoms with Crippen molar-refractivity contribution in [1.82, 2.24) is 24.7 Å². The van der Waals surface area contributed by atoms with Crippen LogP contribution in [-0.4, -0.2) is 64.0 Å². The van der Waals surface area contributed by atoms with E-state index in [0.717, 1.165) is 31.8 Å². The molecule has 2 saturated heterocycles. The lowest BCUT2D eigenvalue weighted by atomic mass is 9.92. The van der Waals surface area contributed by atoms with E-state index in [2.05, 4.69) is 27.0 Å². The largest absolute Gasteiger partial charge is 0.343 e. The molecule has 0 saturated carbocycles. The number of urea groups is 1. The number of hydrogen-bond donors (Lipinski definition) is 1. The minimum absolute atomic E-state index is 0.00585. The highest BCUT2D eigenvalue weighted by atomic mass is 16.2. The van der Waals surface area contributed by atoms with Crippen LogP contribution in [-0.2, 0) is 17.8 Å². The maximum Gasteiger partial charge on any atom is 0.317 e. The Hall–Kier alpha value is -2.83. The van der Waals surface area contributed by atoms with Gasteiger partial charge in [0, 0.05) is 52.0 Å². The van der Waals surface area contributed by atoms with Gasteiger partial charge in [-0.15, -0.1) is 0 Å². The minimum atomic E-state index is -0.0704. The van der Waals surface area contributed by atoms with Crippen molar-refractivity contribution in [2.24, 2.45) is 5.92 Å². The van der Waals surface area contributed by atoms with E-state index in [9.17, 15) is 9.59 Å². The topological polar surface area (TPSA) is 70.5 Å². The molecular weight excluding hydrogens is 354 g/mol. The molecule has 1 N–H and O–H groups in total. The highest BCUT2D eigenvalue weighted by Gasteiger charge is 2.45. The zero-order chi connectivity index (χ0) is 19.5. The Morgan fingerprint density at radius 3 is 2.93 bits per heavy atom. The first-order chi connectivity index (χ1) is 13.6. The smallest absolute Gasteiger partial charge is 0.317 e. The Morgan fingerprint density at radius 2 is 2.11 bits per heavy atom. The molecular formula is C21H27N5O2. The monoisotopic (exact) mass is 381 g/mol. The molecule has 0 radical (unpaired) electrons. The summed E-state index contributed by atoms with van der Waals surface area (Å²) in [5.74, 6) is 1.09. The molecule has 7 nitrogen and oxygen atoms in total. The lowest BCUT2D eigenvalue weighted by Crippen LogP contribution is -2.52. The molecule has 1 aromatic heterocycles. The summed E-state index contributed by atoms with van der Waals surface area (Å²) < 4.78 is 2.11. The van der Waals surface area contributed by atoms with E-state index in [1.54, 1.807) is 11.1 Å². The van der Waals surface area contributed by atoms with Gasteiger partial charge in [-0.05, 0) is 18.4 Å². The second-order valence-electron chi connectivity index (χ2n) is 7.67. The first-order valence-corrected chi connectivity index (χ1v) is 9.97. The van der Waals surface area contributed by atoms with Gasteiger partial charge in [0.2, 0.25) is 5.91 Å². The van der Waals surface area contributed by atoms with Gasteiger partial charge in [-0.2, -0.15) is 0 Å².